The summed E-state index contributed by atoms with van der Waals surface area (Å²) >= 11 is 0. The van der Waals surface area contributed by atoms with Gasteiger partial charge in [-0.25, -0.2) is 13.1 Å². The Morgan fingerprint density at radius 3 is 2.67 bits per heavy atom. The maximum atomic E-state index is 11.8. The van der Waals surface area contributed by atoms with Crippen LogP contribution in [-0.4, -0.2) is 47.0 Å². The summed E-state index contributed by atoms with van der Waals surface area (Å²) in [4.78, 5) is 0. The van der Waals surface area contributed by atoms with Crippen LogP contribution in [0.3, 0.4) is 0 Å². The van der Waals surface area contributed by atoms with Gasteiger partial charge in [0.15, 0.2) is 0 Å². The molecule has 2 N–H and O–H groups in total. The molecule has 18 heavy (non-hydrogen) atoms. The Balaban J connectivity index is 2.64. The van der Waals surface area contributed by atoms with Gasteiger partial charge in [-0.15, -0.1) is 0 Å². The molecular formula is C10H17NO6S. The largest absolute Gasteiger partial charge is 0.446 e. The van der Waals surface area contributed by atoms with Crippen LogP contribution in [0.5, 0.6) is 0 Å². The van der Waals surface area contributed by atoms with Crippen molar-refractivity contribution in [3.05, 3.63) is 17.9 Å². The molecule has 1 atom stereocenters. The van der Waals surface area contributed by atoms with E-state index in [1.807, 2.05) is 0 Å². The normalized spacial score (nSPS) is 13.7. The van der Waals surface area contributed by atoms with E-state index in [-0.39, 0.29) is 36.7 Å². The van der Waals surface area contributed by atoms with E-state index in [0.717, 1.165) is 0 Å². The molecule has 1 aromatic heterocycles. The summed E-state index contributed by atoms with van der Waals surface area (Å²) in [6, 6.07) is 2.68. The molecule has 0 amide bonds. The molecule has 1 unspecified atom stereocenters. The molecule has 0 aliphatic carbocycles. The maximum Gasteiger partial charge on any atom is 0.274 e. The monoisotopic (exact) mass is 279 g/mol. The van der Waals surface area contributed by atoms with Crippen molar-refractivity contribution in [3.63, 3.8) is 0 Å². The van der Waals surface area contributed by atoms with Crippen molar-refractivity contribution in [3.8, 4) is 0 Å². The van der Waals surface area contributed by atoms with Gasteiger partial charge >= 0.3 is 0 Å². The SMILES string of the molecule is COCC(CNS(=O)(=O)c1ccc(CO)o1)OC. The van der Waals surface area contributed by atoms with Crippen molar-refractivity contribution in [1.82, 2.24) is 4.72 Å². The topological polar surface area (TPSA) is 98.0 Å². The first-order valence-electron chi connectivity index (χ1n) is 5.24. The van der Waals surface area contributed by atoms with Crippen LogP contribution in [0.1, 0.15) is 5.76 Å². The number of rotatable bonds is 8. The van der Waals surface area contributed by atoms with Gasteiger partial charge in [-0.2, -0.15) is 0 Å². The number of aliphatic hydroxyl groups is 1. The Kier molecular flexibility index (Phi) is 5.76. The average molecular weight is 279 g/mol. The third kappa shape index (κ3) is 4.07. The molecule has 7 nitrogen and oxygen atoms in total. The summed E-state index contributed by atoms with van der Waals surface area (Å²) < 4.78 is 40.8. The van der Waals surface area contributed by atoms with Crippen molar-refractivity contribution in [1.29, 1.82) is 0 Å². The lowest BCUT2D eigenvalue weighted by Gasteiger charge is -2.14. The van der Waals surface area contributed by atoms with Crippen LogP contribution in [0.2, 0.25) is 0 Å². The molecule has 0 aliphatic heterocycles. The lowest BCUT2D eigenvalue weighted by molar-refractivity contribution is 0.0319. The molecule has 1 heterocycles. The lowest BCUT2D eigenvalue weighted by atomic mass is 10.4. The van der Waals surface area contributed by atoms with Gasteiger partial charge in [0.1, 0.15) is 12.4 Å². The lowest BCUT2D eigenvalue weighted by Crippen LogP contribution is -2.35. The van der Waals surface area contributed by atoms with Gasteiger partial charge in [0.05, 0.1) is 12.7 Å². The fourth-order valence-electron chi connectivity index (χ4n) is 1.26. The molecule has 0 spiro atoms. The highest BCUT2D eigenvalue weighted by Gasteiger charge is 2.20. The fraction of sp³-hybridized carbons (Fsp3) is 0.600. The molecule has 0 aromatic carbocycles. The summed E-state index contributed by atoms with van der Waals surface area (Å²) in [5.74, 6) is 0.190. The van der Waals surface area contributed by atoms with Gasteiger partial charge in [0.25, 0.3) is 10.0 Å². The Hall–Kier alpha value is -0.930. The first kappa shape index (κ1) is 15.1. The molecular weight excluding hydrogens is 262 g/mol. The summed E-state index contributed by atoms with van der Waals surface area (Å²) in [6.07, 6.45) is -0.378. The fourth-order valence-corrected chi connectivity index (χ4v) is 2.27. The number of sulfonamides is 1. The summed E-state index contributed by atoms with van der Waals surface area (Å²) in [6.45, 7) is 0.000781. The van der Waals surface area contributed by atoms with E-state index < -0.39 is 10.0 Å². The minimum Gasteiger partial charge on any atom is -0.446 e. The minimum atomic E-state index is -3.74. The van der Waals surface area contributed by atoms with Crippen LogP contribution in [0.4, 0.5) is 0 Å². The molecule has 0 fully saturated rings. The van der Waals surface area contributed by atoms with Crippen LogP contribution < -0.4 is 4.72 Å². The number of hydrogen-bond donors (Lipinski definition) is 2. The van der Waals surface area contributed by atoms with Gasteiger partial charge in [0, 0.05) is 20.8 Å². The number of hydrogen-bond acceptors (Lipinski definition) is 6. The number of methoxy groups -OCH3 is 2. The van der Waals surface area contributed by atoms with Crippen molar-refractivity contribution >= 4 is 10.0 Å². The van der Waals surface area contributed by atoms with Gasteiger partial charge in [-0.05, 0) is 12.1 Å². The van der Waals surface area contributed by atoms with E-state index in [1.165, 1.54) is 26.4 Å². The predicted molar refractivity (Wildman–Crippen MR) is 62.5 cm³/mol. The zero-order chi connectivity index (χ0) is 13.6. The predicted octanol–water partition coefficient (Wildman–Crippen LogP) is -0.288. The van der Waals surface area contributed by atoms with E-state index in [0.29, 0.717) is 0 Å². The zero-order valence-corrected chi connectivity index (χ0v) is 11.1. The first-order chi connectivity index (χ1) is 8.53. The molecule has 1 rings (SSSR count). The highest BCUT2D eigenvalue weighted by Crippen LogP contribution is 2.13. The molecule has 0 saturated carbocycles. The van der Waals surface area contributed by atoms with Crippen molar-refractivity contribution < 1.29 is 27.4 Å². The van der Waals surface area contributed by atoms with Crippen LogP contribution in [0.25, 0.3) is 0 Å². The maximum absolute atomic E-state index is 11.8. The Morgan fingerprint density at radius 1 is 1.44 bits per heavy atom. The Morgan fingerprint density at radius 2 is 2.17 bits per heavy atom. The second-order valence-corrected chi connectivity index (χ2v) is 5.24. The van der Waals surface area contributed by atoms with Crippen LogP contribution in [0.15, 0.2) is 21.6 Å². The first-order valence-corrected chi connectivity index (χ1v) is 6.72. The smallest absolute Gasteiger partial charge is 0.274 e. The number of furan rings is 1. The minimum absolute atomic E-state index is 0.0713. The van der Waals surface area contributed by atoms with Crippen LogP contribution in [0, 0.1) is 0 Å². The highest BCUT2D eigenvalue weighted by molar-refractivity contribution is 7.89. The van der Waals surface area contributed by atoms with Crippen molar-refractivity contribution in [2.45, 2.75) is 17.8 Å². The second-order valence-electron chi connectivity index (χ2n) is 3.54. The van der Waals surface area contributed by atoms with Crippen LogP contribution in [-0.2, 0) is 26.1 Å². The van der Waals surface area contributed by atoms with Crippen LogP contribution >= 0.6 is 0 Å². The van der Waals surface area contributed by atoms with Gasteiger partial charge in [0.2, 0.25) is 5.09 Å². The zero-order valence-electron chi connectivity index (χ0n) is 10.3. The van der Waals surface area contributed by atoms with Crippen molar-refractivity contribution in [2.24, 2.45) is 0 Å². The standard InChI is InChI=1S/C10H17NO6S/c1-15-7-9(16-2)5-11-18(13,14)10-4-3-8(6-12)17-10/h3-4,9,11-12H,5-7H2,1-2H3. The van der Waals surface area contributed by atoms with Gasteiger partial charge in [-0.1, -0.05) is 0 Å². The van der Waals surface area contributed by atoms with E-state index in [2.05, 4.69) is 4.72 Å². The summed E-state index contributed by atoms with van der Waals surface area (Å²) in [5, 5.41) is 8.56. The Labute approximate surface area is 106 Å². The molecule has 0 radical (unpaired) electrons. The van der Waals surface area contributed by atoms with Gasteiger partial charge < -0.3 is 19.0 Å². The number of ether oxygens (including phenoxy) is 2. The molecule has 104 valence electrons. The Bertz CT molecular complexity index is 455. The number of aliphatic hydroxyl groups excluding tert-OH is 1. The molecule has 0 saturated heterocycles. The number of nitrogens with one attached hydrogen (secondary N) is 1. The molecule has 8 heteroatoms. The van der Waals surface area contributed by atoms with E-state index in [9.17, 15) is 8.42 Å². The third-order valence-electron chi connectivity index (χ3n) is 2.24. The van der Waals surface area contributed by atoms with Gasteiger partial charge in [-0.3, -0.25) is 0 Å². The second kappa shape index (κ2) is 6.86. The van der Waals surface area contributed by atoms with E-state index in [4.69, 9.17) is 19.0 Å². The van der Waals surface area contributed by atoms with Crippen molar-refractivity contribution in [2.75, 3.05) is 27.4 Å². The summed E-state index contributed by atoms with van der Waals surface area (Å²) in [5.41, 5.74) is 0. The molecule has 0 aliphatic rings. The molecule has 0 bridgehead atoms. The molecule has 1 aromatic rings. The van der Waals surface area contributed by atoms with E-state index in [1.54, 1.807) is 0 Å². The highest BCUT2D eigenvalue weighted by atomic mass is 32.2. The third-order valence-corrected chi connectivity index (χ3v) is 3.54. The summed E-state index contributed by atoms with van der Waals surface area (Å²) in [7, 11) is -0.769. The van der Waals surface area contributed by atoms with E-state index >= 15 is 0 Å². The quantitative estimate of drug-likeness (QED) is 0.678. The average Bonchev–Trinajstić information content (AvgIpc) is 2.84.